The van der Waals surface area contributed by atoms with Crippen molar-refractivity contribution >= 4 is 44.7 Å². The number of benzene rings is 2. The van der Waals surface area contributed by atoms with Crippen LogP contribution < -0.4 is 10.1 Å². The molecular formula is C17H13NO5S. The molecule has 3 rings (SSSR count). The summed E-state index contributed by atoms with van der Waals surface area (Å²) in [5.41, 5.74) is 1.71. The van der Waals surface area contributed by atoms with Crippen LogP contribution in [0.2, 0.25) is 0 Å². The van der Waals surface area contributed by atoms with Crippen LogP contribution in [-0.4, -0.2) is 28.8 Å². The molecule has 0 unspecified atom stereocenters. The van der Waals surface area contributed by atoms with Crippen molar-refractivity contribution in [1.29, 1.82) is 0 Å². The molecule has 0 radical (unpaired) electrons. The third-order valence-corrected chi connectivity index (χ3v) is 4.36. The topological polar surface area (TPSA) is 95.9 Å². The van der Waals surface area contributed by atoms with Crippen molar-refractivity contribution in [2.75, 3.05) is 11.9 Å². The van der Waals surface area contributed by atoms with Gasteiger partial charge in [0.15, 0.2) is 17.2 Å². The highest BCUT2D eigenvalue weighted by molar-refractivity contribution is 7.21. The quantitative estimate of drug-likeness (QED) is 0.630. The lowest BCUT2D eigenvalue weighted by Gasteiger charge is -2.07. The number of nitrogens with one attached hydrogen (secondary N) is 1. The summed E-state index contributed by atoms with van der Waals surface area (Å²) in [6, 6.07) is 14.9. The first-order valence-corrected chi connectivity index (χ1v) is 7.83. The van der Waals surface area contributed by atoms with E-state index in [1.165, 1.54) is 0 Å². The first-order chi connectivity index (χ1) is 11.5. The van der Waals surface area contributed by atoms with Gasteiger partial charge in [0, 0.05) is 21.5 Å². The monoisotopic (exact) mass is 343 g/mol. The number of carboxylic acids is 2. The highest BCUT2D eigenvalue weighted by Crippen LogP contribution is 2.39. The number of anilines is 2. The lowest BCUT2D eigenvalue weighted by molar-refractivity contribution is -0.139. The van der Waals surface area contributed by atoms with Crippen LogP contribution in [0.25, 0.3) is 10.1 Å². The van der Waals surface area contributed by atoms with E-state index in [0.717, 1.165) is 22.7 Å². The second kappa shape index (κ2) is 6.59. The Kier molecular flexibility index (Phi) is 4.35. The van der Waals surface area contributed by atoms with Gasteiger partial charge < -0.3 is 20.3 Å². The number of rotatable bonds is 6. The first-order valence-electron chi connectivity index (χ1n) is 7.01. The molecule has 0 atom stereocenters. The lowest BCUT2D eigenvalue weighted by atomic mass is 10.2. The maximum atomic E-state index is 11.4. The SMILES string of the molecule is O=C(O)COc1c(C(=O)O)sc2cc(Nc3ccccc3)ccc12. The van der Waals surface area contributed by atoms with Crippen LogP contribution in [0, 0.1) is 0 Å². The van der Waals surface area contributed by atoms with E-state index in [1.54, 1.807) is 12.1 Å². The number of aromatic carboxylic acids is 1. The molecule has 6 nitrogen and oxygen atoms in total. The van der Waals surface area contributed by atoms with E-state index in [0.29, 0.717) is 10.1 Å². The fourth-order valence-corrected chi connectivity index (χ4v) is 3.28. The Bertz CT molecular complexity index is 904. The molecule has 1 aromatic heterocycles. The van der Waals surface area contributed by atoms with Gasteiger partial charge in [-0.2, -0.15) is 0 Å². The smallest absolute Gasteiger partial charge is 0.349 e. The highest BCUT2D eigenvalue weighted by atomic mass is 32.1. The number of aliphatic carboxylic acids is 1. The summed E-state index contributed by atoms with van der Waals surface area (Å²) in [5.74, 6) is -2.21. The van der Waals surface area contributed by atoms with Crippen molar-refractivity contribution in [2.45, 2.75) is 0 Å². The number of thiophene rings is 1. The van der Waals surface area contributed by atoms with Crippen LogP contribution in [0.1, 0.15) is 9.67 Å². The van der Waals surface area contributed by atoms with Gasteiger partial charge in [-0.25, -0.2) is 9.59 Å². The molecule has 2 aromatic carbocycles. The highest BCUT2D eigenvalue weighted by Gasteiger charge is 2.20. The Hall–Kier alpha value is -3.06. The summed E-state index contributed by atoms with van der Waals surface area (Å²) in [4.78, 5) is 22.1. The average Bonchev–Trinajstić information content (AvgIpc) is 2.92. The molecule has 24 heavy (non-hydrogen) atoms. The third kappa shape index (κ3) is 3.31. The Balaban J connectivity index is 1.98. The minimum absolute atomic E-state index is 0.0110. The van der Waals surface area contributed by atoms with Crippen molar-refractivity contribution in [1.82, 2.24) is 0 Å². The Morgan fingerprint density at radius 2 is 1.79 bits per heavy atom. The number of hydrogen-bond acceptors (Lipinski definition) is 5. The summed E-state index contributed by atoms with van der Waals surface area (Å²) < 4.78 is 5.88. The van der Waals surface area contributed by atoms with Gasteiger partial charge in [-0.15, -0.1) is 11.3 Å². The molecule has 0 fully saturated rings. The number of ether oxygens (including phenoxy) is 1. The van der Waals surface area contributed by atoms with Crippen LogP contribution in [0.15, 0.2) is 48.5 Å². The molecule has 1 heterocycles. The Labute approximate surface area is 140 Å². The maximum absolute atomic E-state index is 11.4. The molecule has 0 bridgehead atoms. The van der Waals surface area contributed by atoms with E-state index < -0.39 is 18.5 Å². The molecular weight excluding hydrogens is 330 g/mol. The number of fused-ring (bicyclic) bond motifs is 1. The van der Waals surface area contributed by atoms with Gasteiger partial charge in [-0.3, -0.25) is 0 Å². The van der Waals surface area contributed by atoms with Crippen molar-refractivity contribution in [3.63, 3.8) is 0 Å². The van der Waals surface area contributed by atoms with Gasteiger partial charge in [-0.05, 0) is 30.3 Å². The van der Waals surface area contributed by atoms with Crippen LogP contribution in [0.3, 0.4) is 0 Å². The molecule has 122 valence electrons. The maximum Gasteiger partial charge on any atom is 0.349 e. The summed E-state index contributed by atoms with van der Waals surface area (Å²) in [6.45, 7) is -0.587. The summed E-state index contributed by atoms with van der Waals surface area (Å²) >= 11 is 1.05. The standard InChI is InChI=1S/C17H13NO5S/c19-14(20)9-23-15-12-7-6-11(18-10-4-2-1-3-5-10)8-13(12)24-16(15)17(21)22/h1-8,18H,9H2,(H,19,20)(H,21,22). The van der Waals surface area contributed by atoms with Crippen molar-refractivity contribution in [2.24, 2.45) is 0 Å². The molecule has 0 aliphatic heterocycles. The summed E-state index contributed by atoms with van der Waals surface area (Å²) in [6.07, 6.45) is 0. The zero-order chi connectivity index (χ0) is 17.1. The van der Waals surface area contributed by atoms with Crippen molar-refractivity contribution in [3.05, 3.63) is 53.4 Å². The van der Waals surface area contributed by atoms with Gasteiger partial charge in [-0.1, -0.05) is 18.2 Å². The number of carboxylic acid groups (broad SMARTS) is 2. The molecule has 0 aliphatic rings. The van der Waals surface area contributed by atoms with Gasteiger partial charge in [0.2, 0.25) is 0 Å². The predicted octanol–water partition coefficient (Wildman–Crippen LogP) is 3.81. The van der Waals surface area contributed by atoms with E-state index >= 15 is 0 Å². The van der Waals surface area contributed by atoms with Crippen molar-refractivity contribution in [3.8, 4) is 5.75 Å². The van der Waals surface area contributed by atoms with E-state index in [-0.39, 0.29) is 10.6 Å². The molecule has 0 saturated carbocycles. The van der Waals surface area contributed by atoms with Crippen LogP contribution >= 0.6 is 11.3 Å². The number of hydrogen-bond donors (Lipinski definition) is 3. The molecule has 0 aliphatic carbocycles. The van der Waals surface area contributed by atoms with Gasteiger partial charge in [0.25, 0.3) is 0 Å². The minimum atomic E-state index is -1.16. The largest absolute Gasteiger partial charge is 0.479 e. The van der Waals surface area contributed by atoms with E-state index in [9.17, 15) is 14.7 Å². The van der Waals surface area contributed by atoms with Crippen LogP contribution in [0.5, 0.6) is 5.75 Å². The van der Waals surface area contributed by atoms with Crippen LogP contribution in [-0.2, 0) is 4.79 Å². The van der Waals surface area contributed by atoms with Crippen molar-refractivity contribution < 1.29 is 24.5 Å². The lowest BCUT2D eigenvalue weighted by Crippen LogP contribution is -2.10. The molecule has 0 amide bonds. The minimum Gasteiger partial charge on any atom is -0.479 e. The summed E-state index contributed by atoms with van der Waals surface area (Å²) in [7, 11) is 0. The second-order valence-corrected chi connectivity index (χ2v) is 6.00. The fourth-order valence-electron chi connectivity index (χ4n) is 2.26. The zero-order valence-electron chi connectivity index (χ0n) is 12.4. The third-order valence-electron chi connectivity index (χ3n) is 3.24. The van der Waals surface area contributed by atoms with E-state index in [4.69, 9.17) is 9.84 Å². The molecule has 7 heteroatoms. The average molecular weight is 343 g/mol. The predicted molar refractivity (Wildman–Crippen MR) is 91.6 cm³/mol. The van der Waals surface area contributed by atoms with Gasteiger partial charge >= 0.3 is 11.9 Å². The first kappa shape index (κ1) is 15.8. The molecule has 0 spiro atoms. The molecule has 3 aromatic rings. The van der Waals surface area contributed by atoms with E-state index in [2.05, 4.69) is 5.32 Å². The van der Waals surface area contributed by atoms with E-state index in [1.807, 2.05) is 36.4 Å². The molecule has 0 saturated heterocycles. The Morgan fingerprint density at radius 1 is 1.04 bits per heavy atom. The number of para-hydroxylation sites is 1. The van der Waals surface area contributed by atoms with Gasteiger partial charge in [0.1, 0.15) is 0 Å². The summed E-state index contributed by atoms with van der Waals surface area (Å²) in [5, 5.41) is 21.9. The second-order valence-electron chi connectivity index (χ2n) is 4.95. The Morgan fingerprint density at radius 3 is 2.46 bits per heavy atom. The number of carbonyl (C=O) groups is 2. The fraction of sp³-hybridized carbons (Fsp3) is 0.0588. The normalized spacial score (nSPS) is 10.5. The molecule has 3 N–H and O–H groups in total. The zero-order valence-corrected chi connectivity index (χ0v) is 13.2. The van der Waals surface area contributed by atoms with Gasteiger partial charge in [0.05, 0.1) is 0 Å². The van der Waals surface area contributed by atoms with Crippen LogP contribution in [0.4, 0.5) is 11.4 Å².